The molecular weight excluding hydrogens is 280 g/mol. The van der Waals surface area contributed by atoms with Crippen molar-refractivity contribution in [3.8, 4) is 0 Å². The molecule has 136 valence electrons. The lowest BCUT2D eigenvalue weighted by Gasteiger charge is -2.02. The van der Waals surface area contributed by atoms with Crippen LogP contribution in [0.15, 0.2) is 24.3 Å². The van der Waals surface area contributed by atoms with Gasteiger partial charge in [-0.15, -0.1) is 0 Å². The molecule has 0 radical (unpaired) electrons. The molecule has 1 heteroatoms. The first kappa shape index (κ1) is 22.4. The molecule has 0 amide bonds. The first-order valence-electron chi connectivity index (χ1n) is 10.3. The van der Waals surface area contributed by atoms with Gasteiger partial charge in [-0.2, -0.15) is 0 Å². The molecule has 1 nitrogen and oxygen atoms in total. The Balaban J connectivity index is 3.10. The third kappa shape index (κ3) is 21.4. The molecule has 0 aromatic carbocycles. The van der Waals surface area contributed by atoms with Gasteiger partial charge in [-0.25, -0.2) is 0 Å². The molecule has 0 spiro atoms. The molecule has 0 aliphatic carbocycles. The highest BCUT2D eigenvalue weighted by atomic mass is 16.5. The molecule has 0 unspecified atom stereocenters. The Kier molecular flexibility index (Phi) is 20.9. The Morgan fingerprint density at radius 2 is 1.09 bits per heavy atom. The topological polar surface area (TPSA) is 9.23 Å². The Labute approximate surface area is 146 Å². The number of unbranched alkanes of at least 4 members (excludes halogenated alkanes) is 11. The van der Waals surface area contributed by atoms with Crippen molar-refractivity contribution in [2.24, 2.45) is 0 Å². The Morgan fingerprint density at radius 3 is 1.65 bits per heavy atom. The van der Waals surface area contributed by atoms with E-state index < -0.39 is 0 Å². The van der Waals surface area contributed by atoms with Gasteiger partial charge in [0.1, 0.15) is 0 Å². The van der Waals surface area contributed by atoms with E-state index in [1.807, 2.05) is 0 Å². The molecule has 0 aromatic heterocycles. The number of hydrogen-bond acceptors (Lipinski definition) is 1. The predicted molar refractivity (Wildman–Crippen MR) is 105 cm³/mol. The zero-order valence-corrected chi connectivity index (χ0v) is 16.0. The van der Waals surface area contributed by atoms with Crippen molar-refractivity contribution in [1.82, 2.24) is 0 Å². The van der Waals surface area contributed by atoms with Gasteiger partial charge in [0.05, 0.1) is 0 Å². The van der Waals surface area contributed by atoms with Crippen LogP contribution in [0, 0.1) is 0 Å². The van der Waals surface area contributed by atoms with Gasteiger partial charge >= 0.3 is 0 Å². The highest BCUT2D eigenvalue weighted by Crippen LogP contribution is 2.10. The van der Waals surface area contributed by atoms with Crippen molar-refractivity contribution in [2.45, 2.75) is 104 Å². The van der Waals surface area contributed by atoms with Crippen LogP contribution in [0.1, 0.15) is 104 Å². The maximum atomic E-state index is 5.35. The molecule has 0 aromatic rings. The van der Waals surface area contributed by atoms with E-state index in [9.17, 15) is 0 Å². The lowest BCUT2D eigenvalue weighted by Crippen LogP contribution is -1.92. The molecule has 0 aliphatic rings. The van der Waals surface area contributed by atoms with Crippen LogP contribution in [-0.4, -0.2) is 13.2 Å². The highest BCUT2D eigenvalue weighted by Gasteiger charge is 1.92. The van der Waals surface area contributed by atoms with Crippen molar-refractivity contribution in [1.29, 1.82) is 0 Å². The second-order valence-electron chi connectivity index (χ2n) is 6.49. The van der Waals surface area contributed by atoms with Gasteiger partial charge in [0.2, 0.25) is 0 Å². The minimum Gasteiger partial charge on any atom is -0.382 e. The monoisotopic (exact) mass is 322 g/mol. The van der Waals surface area contributed by atoms with Gasteiger partial charge in [0, 0.05) is 13.2 Å². The van der Waals surface area contributed by atoms with Crippen molar-refractivity contribution in [3.63, 3.8) is 0 Å². The smallest absolute Gasteiger partial charge is 0.0465 e. The fourth-order valence-corrected chi connectivity index (χ4v) is 2.69. The largest absolute Gasteiger partial charge is 0.382 e. The molecule has 0 heterocycles. The van der Waals surface area contributed by atoms with Gasteiger partial charge in [0.25, 0.3) is 0 Å². The molecule has 0 rings (SSSR count). The Bertz CT molecular complexity index is 255. The minimum absolute atomic E-state index is 0.865. The standard InChI is InChI=1S/C22H42O/c1-3-5-6-7-8-9-10-11-12-13-14-15-16-17-18-19-20-21-22-23-4-2/h8-9,11-12H,3-7,10,13-22H2,1-2H3/b9-8-,12-11-. The van der Waals surface area contributed by atoms with E-state index in [-0.39, 0.29) is 0 Å². The number of rotatable bonds is 18. The molecule has 0 aliphatic heterocycles. The van der Waals surface area contributed by atoms with Crippen LogP contribution in [0.3, 0.4) is 0 Å². The van der Waals surface area contributed by atoms with Crippen molar-refractivity contribution in [3.05, 3.63) is 24.3 Å². The quantitative estimate of drug-likeness (QED) is 0.186. The highest BCUT2D eigenvalue weighted by molar-refractivity contribution is 4.92. The summed E-state index contributed by atoms with van der Waals surface area (Å²) in [5, 5.41) is 0. The lowest BCUT2D eigenvalue weighted by molar-refractivity contribution is 0.143. The molecule has 0 saturated heterocycles. The second kappa shape index (κ2) is 21.4. The summed E-state index contributed by atoms with van der Waals surface area (Å²) in [5.41, 5.74) is 0. The summed E-state index contributed by atoms with van der Waals surface area (Å²) in [5.74, 6) is 0. The normalized spacial score (nSPS) is 11.9. The van der Waals surface area contributed by atoms with Crippen LogP contribution >= 0.6 is 0 Å². The van der Waals surface area contributed by atoms with Crippen LogP contribution in [0.4, 0.5) is 0 Å². The summed E-state index contributed by atoms with van der Waals surface area (Å²) in [4.78, 5) is 0. The van der Waals surface area contributed by atoms with Crippen molar-refractivity contribution < 1.29 is 4.74 Å². The number of allylic oxidation sites excluding steroid dienone is 4. The summed E-state index contributed by atoms with van der Waals surface area (Å²) in [6.07, 6.45) is 28.0. The Morgan fingerprint density at radius 1 is 0.565 bits per heavy atom. The van der Waals surface area contributed by atoms with E-state index in [1.54, 1.807) is 0 Å². The van der Waals surface area contributed by atoms with Gasteiger partial charge in [-0.3, -0.25) is 0 Å². The van der Waals surface area contributed by atoms with Gasteiger partial charge in [-0.05, 0) is 45.4 Å². The van der Waals surface area contributed by atoms with E-state index in [4.69, 9.17) is 4.74 Å². The van der Waals surface area contributed by atoms with Crippen LogP contribution in [0.25, 0.3) is 0 Å². The van der Waals surface area contributed by atoms with E-state index in [0.29, 0.717) is 0 Å². The van der Waals surface area contributed by atoms with E-state index in [2.05, 4.69) is 38.2 Å². The third-order valence-electron chi connectivity index (χ3n) is 4.19. The summed E-state index contributed by atoms with van der Waals surface area (Å²) >= 11 is 0. The predicted octanol–water partition coefficient (Wildman–Crippen LogP) is 7.62. The molecule has 0 bridgehead atoms. The zero-order chi connectivity index (χ0) is 16.8. The SMILES string of the molecule is CCCCC/C=C\C/C=C\CCCCCCCCCCOCC. The van der Waals surface area contributed by atoms with Crippen LogP contribution in [0.2, 0.25) is 0 Å². The zero-order valence-electron chi connectivity index (χ0n) is 16.0. The third-order valence-corrected chi connectivity index (χ3v) is 4.19. The van der Waals surface area contributed by atoms with Crippen LogP contribution in [0.5, 0.6) is 0 Å². The van der Waals surface area contributed by atoms with E-state index in [0.717, 1.165) is 19.6 Å². The maximum Gasteiger partial charge on any atom is 0.0465 e. The first-order chi connectivity index (χ1) is 11.4. The van der Waals surface area contributed by atoms with Gasteiger partial charge in [0.15, 0.2) is 0 Å². The Hall–Kier alpha value is -0.560. The van der Waals surface area contributed by atoms with Crippen LogP contribution < -0.4 is 0 Å². The van der Waals surface area contributed by atoms with Crippen molar-refractivity contribution in [2.75, 3.05) is 13.2 Å². The molecule has 23 heavy (non-hydrogen) atoms. The van der Waals surface area contributed by atoms with E-state index >= 15 is 0 Å². The fraction of sp³-hybridized carbons (Fsp3) is 0.818. The summed E-state index contributed by atoms with van der Waals surface area (Å²) < 4.78 is 5.35. The first-order valence-corrected chi connectivity index (χ1v) is 10.3. The van der Waals surface area contributed by atoms with Gasteiger partial charge in [-0.1, -0.05) is 82.6 Å². The average molecular weight is 323 g/mol. The molecule has 0 fully saturated rings. The molecule has 0 atom stereocenters. The van der Waals surface area contributed by atoms with E-state index in [1.165, 1.54) is 83.5 Å². The summed E-state index contributed by atoms with van der Waals surface area (Å²) in [6, 6.07) is 0. The maximum absolute atomic E-state index is 5.35. The molecular formula is C22H42O. The van der Waals surface area contributed by atoms with Gasteiger partial charge < -0.3 is 4.74 Å². The number of hydrogen-bond donors (Lipinski definition) is 0. The minimum atomic E-state index is 0.865. The van der Waals surface area contributed by atoms with Crippen molar-refractivity contribution >= 4 is 0 Å². The average Bonchev–Trinajstić information content (AvgIpc) is 2.57. The fourth-order valence-electron chi connectivity index (χ4n) is 2.69. The number of ether oxygens (including phenoxy) is 1. The summed E-state index contributed by atoms with van der Waals surface area (Å²) in [7, 11) is 0. The lowest BCUT2D eigenvalue weighted by atomic mass is 10.1. The van der Waals surface area contributed by atoms with Crippen LogP contribution in [-0.2, 0) is 4.74 Å². The molecule has 0 saturated carbocycles. The molecule has 0 N–H and O–H groups in total. The summed E-state index contributed by atoms with van der Waals surface area (Å²) in [6.45, 7) is 6.15. The second-order valence-corrected chi connectivity index (χ2v) is 6.49.